The zero-order valence-corrected chi connectivity index (χ0v) is 9.37. The fraction of sp³-hybridized carbons (Fsp3) is 0.462. The van der Waals surface area contributed by atoms with Crippen LogP contribution in [-0.4, -0.2) is 16.5 Å². The van der Waals surface area contributed by atoms with Gasteiger partial charge in [-0.2, -0.15) is 0 Å². The number of H-pyrrole nitrogens is 1. The molecule has 1 aliphatic carbocycles. The molecule has 16 heavy (non-hydrogen) atoms. The zero-order chi connectivity index (χ0) is 10.8. The summed E-state index contributed by atoms with van der Waals surface area (Å²) in [5, 5.41) is 3.47. The smallest absolute Gasteiger partial charge is 0.121 e. The lowest BCUT2D eigenvalue weighted by Gasteiger charge is -2.25. The number of aromatic nitrogens is 2. The van der Waals surface area contributed by atoms with Crippen LogP contribution < -0.4 is 5.32 Å². The maximum Gasteiger partial charge on any atom is 0.121 e. The van der Waals surface area contributed by atoms with Crippen molar-refractivity contribution in [3.63, 3.8) is 0 Å². The molecular weight excluding hydrogens is 198 g/mol. The first-order chi connectivity index (χ1) is 7.92. The van der Waals surface area contributed by atoms with E-state index in [-0.39, 0.29) is 0 Å². The number of hydrogen-bond acceptors (Lipinski definition) is 2. The van der Waals surface area contributed by atoms with Crippen molar-refractivity contribution in [3.05, 3.63) is 30.1 Å². The molecule has 1 fully saturated rings. The number of para-hydroxylation sites is 2. The van der Waals surface area contributed by atoms with Gasteiger partial charge < -0.3 is 10.3 Å². The van der Waals surface area contributed by atoms with Gasteiger partial charge in [-0.3, -0.25) is 0 Å². The summed E-state index contributed by atoms with van der Waals surface area (Å²) in [5.74, 6) is 1.95. The Balaban J connectivity index is 1.60. The van der Waals surface area contributed by atoms with Gasteiger partial charge in [0, 0.05) is 0 Å². The minimum absolute atomic E-state index is 0.852. The molecule has 1 aromatic heterocycles. The van der Waals surface area contributed by atoms with Crippen LogP contribution in [-0.2, 0) is 6.54 Å². The van der Waals surface area contributed by atoms with Gasteiger partial charge in [-0.25, -0.2) is 4.98 Å². The second-order valence-corrected chi connectivity index (χ2v) is 4.63. The highest BCUT2D eigenvalue weighted by atomic mass is 15.0. The summed E-state index contributed by atoms with van der Waals surface area (Å²) < 4.78 is 0. The SMILES string of the molecule is c1ccc2[nH]c(CNCC3CCC3)nc2c1. The Bertz CT molecular complexity index is 438. The molecule has 2 aromatic rings. The number of nitrogens with zero attached hydrogens (tertiary/aromatic N) is 1. The van der Waals surface area contributed by atoms with Crippen LogP contribution in [0, 0.1) is 5.92 Å². The molecule has 0 saturated heterocycles. The third kappa shape index (κ3) is 1.95. The molecule has 1 aliphatic rings. The fourth-order valence-electron chi connectivity index (χ4n) is 2.18. The largest absolute Gasteiger partial charge is 0.341 e. The van der Waals surface area contributed by atoms with Crippen LogP contribution in [0.2, 0.25) is 0 Å². The van der Waals surface area contributed by atoms with Crippen LogP contribution in [0.25, 0.3) is 11.0 Å². The summed E-state index contributed by atoms with van der Waals surface area (Å²) in [5.41, 5.74) is 2.19. The number of benzene rings is 1. The molecule has 0 unspecified atom stereocenters. The Morgan fingerprint density at radius 2 is 2.19 bits per heavy atom. The van der Waals surface area contributed by atoms with Crippen molar-refractivity contribution in [1.29, 1.82) is 0 Å². The molecule has 1 saturated carbocycles. The van der Waals surface area contributed by atoms with Crippen molar-refractivity contribution < 1.29 is 0 Å². The first-order valence-electron chi connectivity index (χ1n) is 6.06. The second-order valence-electron chi connectivity index (χ2n) is 4.63. The van der Waals surface area contributed by atoms with Gasteiger partial charge in [0.15, 0.2) is 0 Å². The van der Waals surface area contributed by atoms with E-state index in [1.807, 2.05) is 18.2 Å². The minimum atomic E-state index is 0.852. The Kier molecular flexibility index (Phi) is 2.62. The minimum Gasteiger partial charge on any atom is -0.341 e. The summed E-state index contributed by atoms with van der Waals surface area (Å²) in [4.78, 5) is 7.87. The molecule has 1 heterocycles. The van der Waals surface area contributed by atoms with Crippen molar-refractivity contribution in [2.45, 2.75) is 25.8 Å². The van der Waals surface area contributed by atoms with Crippen LogP contribution in [0.15, 0.2) is 24.3 Å². The maximum atomic E-state index is 4.54. The molecule has 2 N–H and O–H groups in total. The zero-order valence-electron chi connectivity index (χ0n) is 9.37. The average molecular weight is 215 g/mol. The molecule has 3 rings (SSSR count). The lowest BCUT2D eigenvalue weighted by molar-refractivity contribution is 0.300. The standard InChI is InChI=1S/C13H17N3/c1-2-7-12-11(6-1)15-13(16-12)9-14-8-10-4-3-5-10/h1-2,6-7,10,14H,3-5,8-9H2,(H,15,16). The summed E-state index contributed by atoms with van der Waals surface area (Å²) in [6.45, 7) is 1.99. The van der Waals surface area contributed by atoms with E-state index in [0.29, 0.717) is 0 Å². The van der Waals surface area contributed by atoms with Gasteiger partial charge in [-0.1, -0.05) is 18.6 Å². The Labute approximate surface area is 95.3 Å². The summed E-state index contributed by atoms with van der Waals surface area (Å²) in [6.07, 6.45) is 4.21. The van der Waals surface area contributed by atoms with E-state index in [1.54, 1.807) is 0 Å². The number of imidazole rings is 1. The van der Waals surface area contributed by atoms with Gasteiger partial charge in [0.2, 0.25) is 0 Å². The van der Waals surface area contributed by atoms with Crippen molar-refractivity contribution in [3.8, 4) is 0 Å². The van der Waals surface area contributed by atoms with Gasteiger partial charge >= 0.3 is 0 Å². The highest BCUT2D eigenvalue weighted by Gasteiger charge is 2.16. The monoisotopic (exact) mass is 215 g/mol. The van der Waals surface area contributed by atoms with Crippen molar-refractivity contribution in [2.24, 2.45) is 5.92 Å². The lowest BCUT2D eigenvalue weighted by atomic mass is 9.85. The molecule has 1 aromatic carbocycles. The topological polar surface area (TPSA) is 40.7 Å². The third-order valence-electron chi connectivity index (χ3n) is 3.39. The van der Waals surface area contributed by atoms with Gasteiger partial charge in [0.25, 0.3) is 0 Å². The molecule has 3 nitrogen and oxygen atoms in total. The number of fused-ring (bicyclic) bond motifs is 1. The Morgan fingerprint density at radius 1 is 1.31 bits per heavy atom. The van der Waals surface area contributed by atoms with Crippen LogP contribution >= 0.6 is 0 Å². The fourth-order valence-corrected chi connectivity index (χ4v) is 2.18. The quantitative estimate of drug-likeness (QED) is 0.822. The Hall–Kier alpha value is -1.35. The molecule has 84 valence electrons. The summed E-state index contributed by atoms with van der Waals surface area (Å²) in [7, 11) is 0. The van der Waals surface area contributed by atoms with Gasteiger partial charge in [0.05, 0.1) is 17.6 Å². The lowest BCUT2D eigenvalue weighted by Crippen LogP contribution is -2.27. The Morgan fingerprint density at radius 3 is 2.94 bits per heavy atom. The van der Waals surface area contributed by atoms with E-state index in [9.17, 15) is 0 Å². The van der Waals surface area contributed by atoms with Crippen molar-refractivity contribution in [2.75, 3.05) is 6.54 Å². The van der Waals surface area contributed by atoms with Crippen molar-refractivity contribution in [1.82, 2.24) is 15.3 Å². The molecule has 0 amide bonds. The average Bonchev–Trinajstić information content (AvgIpc) is 2.64. The molecule has 3 heteroatoms. The first kappa shape index (κ1) is 9.85. The molecular formula is C13H17N3. The highest BCUT2D eigenvalue weighted by molar-refractivity contribution is 5.74. The highest BCUT2D eigenvalue weighted by Crippen LogP contribution is 2.25. The van der Waals surface area contributed by atoms with Gasteiger partial charge in [-0.05, 0) is 37.4 Å². The number of aromatic amines is 1. The number of rotatable bonds is 4. The van der Waals surface area contributed by atoms with Crippen LogP contribution in [0.3, 0.4) is 0 Å². The summed E-state index contributed by atoms with van der Waals surface area (Å²) in [6, 6.07) is 8.17. The molecule has 0 spiro atoms. The second kappa shape index (κ2) is 4.26. The van der Waals surface area contributed by atoms with E-state index in [1.165, 1.54) is 19.3 Å². The van der Waals surface area contributed by atoms with Crippen LogP contribution in [0.5, 0.6) is 0 Å². The summed E-state index contributed by atoms with van der Waals surface area (Å²) >= 11 is 0. The predicted octanol–water partition coefficient (Wildman–Crippen LogP) is 2.45. The first-order valence-corrected chi connectivity index (χ1v) is 6.06. The van der Waals surface area contributed by atoms with Crippen molar-refractivity contribution >= 4 is 11.0 Å². The van der Waals surface area contributed by atoms with Crippen LogP contribution in [0.4, 0.5) is 0 Å². The predicted molar refractivity (Wildman–Crippen MR) is 65.1 cm³/mol. The van der Waals surface area contributed by atoms with Crippen LogP contribution in [0.1, 0.15) is 25.1 Å². The van der Waals surface area contributed by atoms with E-state index in [0.717, 1.165) is 35.9 Å². The van der Waals surface area contributed by atoms with E-state index < -0.39 is 0 Å². The van der Waals surface area contributed by atoms with E-state index >= 15 is 0 Å². The molecule has 0 radical (unpaired) electrons. The number of hydrogen-bond donors (Lipinski definition) is 2. The van der Waals surface area contributed by atoms with Gasteiger partial charge in [-0.15, -0.1) is 0 Å². The van der Waals surface area contributed by atoms with E-state index in [2.05, 4.69) is 21.4 Å². The molecule has 0 atom stereocenters. The molecule has 0 aliphatic heterocycles. The third-order valence-corrected chi connectivity index (χ3v) is 3.39. The molecule has 0 bridgehead atoms. The van der Waals surface area contributed by atoms with Gasteiger partial charge in [0.1, 0.15) is 5.82 Å². The van der Waals surface area contributed by atoms with E-state index in [4.69, 9.17) is 0 Å². The number of nitrogens with one attached hydrogen (secondary N) is 2. The normalized spacial score (nSPS) is 16.5. The maximum absolute atomic E-state index is 4.54.